The van der Waals surface area contributed by atoms with Crippen molar-refractivity contribution >= 4 is 29.2 Å². The SMILES string of the molecule is O=C(Nc1ccc(C(=O)O)c(O)c1)c1cc(Cl)c(OC2CCC2)c(OC2CCC2)c1. The minimum Gasteiger partial charge on any atom is -0.507 e. The lowest BCUT2D eigenvalue weighted by atomic mass is 9.95. The second-order valence-electron chi connectivity index (χ2n) is 7.62. The van der Waals surface area contributed by atoms with Crippen LogP contribution in [0.5, 0.6) is 17.2 Å². The van der Waals surface area contributed by atoms with Crippen LogP contribution in [0.15, 0.2) is 30.3 Å². The number of carboxylic acids is 1. The van der Waals surface area contributed by atoms with Crippen LogP contribution in [0, 0.1) is 0 Å². The number of benzene rings is 2. The van der Waals surface area contributed by atoms with E-state index in [4.69, 9.17) is 26.2 Å². The third-order valence-corrected chi connectivity index (χ3v) is 5.72. The molecule has 0 heterocycles. The van der Waals surface area contributed by atoms with Crippen molar-refractivity contribution in [3.05, 3.63) is 46.5 Å². The molecule has 1 amide bonds. The van der Waals surface area contributed by atoms with Crippen LogP contribution in [0.25, 0.3) is 0 Å². The number of ether oxygens (including phenoxy) is 2. The van der Waals surface area contributed by atoms with E-state index in [2.05, 4.69) is 5.32 Å². The molecule has 7 nitrogen and oxygen atoms in total. The standard InChI is InChI=1S/C22H22ClNO6/c23-17-9-12(21(26)24-13-7-8-16(22(27)28)18(25)11-13)10-19(29-14-3-1-4-14)20(17)30-15-5-2-6-15/h7-11,14-15,25H,1-6H2,(H,24,26)(H,27,28). The molecule has 8 heteroatoms. The average Bonchev–Trinajstić information content (AvgIpc) is 2.61. The van der Waals surface area contributed by atoms with Crippen molar-refractivity contribution < 1.29 is 29.3 Å². The van der Waals surface area contributed by atoms with Crippen molar-refractivity contribution in [1.29, 1.82) is 0 Å². The first-order valence-electron chi connectivity index (χ1n) is 9.95. The minimum atomic E-state index is -1.25. The highest BCUT2D eigenvalue weighted by atomic mass is 35.5. The number of nitrogens with one attached hydrogen (secondary N) is 1. The van der Waals surface area contributed by atoms with E-state index in [1.54, 1.807) is 6.07 Å². The van der Waals surface area contributed by atoms with Crippen molar-refractivity contribution in [2.24, 2.45) is 0 Å². The Bertz CT molecular complexity index is 984. The first-order valence-corrected chi connectivity index (χ1v) is 10.3. The van der Waals surface area contributed by atoms with Crippen LogP contribution in [-0.2, 0) is 0 Å². The first kappa shape index (κ1) is 20.3. The Hall–Kier alpha value is -2.93. The molecule has 3 N–H and O–H groups in total. The molecule has 0 atom stereocenters. The Morgan fingerprint density at radius 2 is 1.67 bits per heavy atom. The molecule has 0 unspecified atom stereocenters. The summed E-state index contributed by atoms with van der Waals surface area (Å²) in [5, 5.41) is 21.8. The van der Waals surface area contributed by atoms with Gasteiger partial charge in [-0.15, -0.1) is 0 Å². The van der Waals surface area contributed by atoms with E-state index < -0.39 is 17.6 Å². The highest BCUT2D eigenvalue weighted by molar-refractivity contribution is 6.32. The van der Waals surface area contributed by atoms with Crippen molar-refractivity contribution in [3.63, 3.8) is 0 Å². The van der Waals surface area contributed by atoms with E-state index in [0.29, 0.717) is 16.5 Å². The lowest BCUT2D eigenvalue weighted by Crippen LogP contribution is -2.27. The molecule has 0 spiro atoms. The van der Waals surface area contributed by atoms with Crippen LogP contribution in [0.3, 0.4) is 0 Å². The van der Waals surface area contributed by atoms with E-state index in [1.807, 2.05) is 0 Å². The van der Waals surface area contributed by atoms with Gasteiger partial charge in [0.25, 0.3) is 5.91 Å². The third kappa shape index (κ3) is 4.31. The number of aromatic carboxylic acids is 1. The molecule has 2 aromatic rings. The number of carboxylic acid groups (broad SMARTS) is 1. The first-order chi connectivity index (χ1) is 14.4. The van der Waals surface area contributed by atoms with E-state index in [0.717, 1.165) is 38.5 Å². The molecular formula is C22H22ClNO6. The van der Waals surface area contributed by atoms with Gasteiger partial charge in [-0.1, -0.05) is 11.6 Å². The Morgan fingerprint density at radius 3 is 2.23 bits per heavy atom. The predicted octanol–water partition coefficient (Wildman–Crippen LogP) is 4.86. The van der Waals surface area contributed by atoms with Gasteiger partial charge in [0.15, 0.2) is 11.5 Å². The number of aromatic hydroxyl groups is 1. The fourth-order valence-electron chi connectivity index (χ4n) is 3.22. The third-order valence-electron chi connectivity index (χ3n) is 5.44. The number of carbonyl (C=O) groups is 2. The molecule has 0 aromatic heterocycles. The summed E-state index contributed by atoms with van der Waals surface area (Å²) in [5.41, 5.74) is 0.289. The molecule has 0 radical (unpaired) electrons. The Kier molecular flexibility index (Phi) is 5.72. The summed E-state index contributed by atoms with van der Waals surface area (Å²) >= 11 is 6.44. The maximum atomic E-state index is 12.8. The van der Waals surface area contributed by atoms with Gasteiger partial charge < -0.3 is 25.0 Å². The summed E-state index contributed by atoms with van der Waals surface area (Å²) in [6.45, 7) is 0. The Balaban J connectivity index is 1.57. The van der Waals surface area contributed by atoms with Crippen LogP contribution in [0.1, 0.15) is 59.2 Å². The highest BCUT2D eigenvalue weighted by Crippen LogP contribution is 2.41. The molecule has 30 heavy (non-hydrogen) atoms. The summed E-state index contributed by atoms with van der Waals surface area (Å²) in [4.78, 5) is 23.8. The van der Waals surface area contributed by atoms with Crippen LogP contribution < -0.4 is 14.8 Å². The predicted molar refractivity (Wildman–Crippen MR) is 111 cm³/mol. The minimum absolute atomic E-state index is 0.0867. The van der Waals surface area contributed by atoms with E-state index >= 15 is 0 Å². The van der Waals surface area contributed by atoms with Crippen molar-refractivity contribution in [1.82, 2.24) is 0 Å². The largest absolute Gasteiger partial charge is 0.507 e. The molecule has 158 valence electrons. The maximum absolute atomic E-state index is 12.8. The van der Waals surface area contributed by atoms with Gasteiger partial charge in [-0.05, 0) is 62.8 Å². The molecule has 2 aliphatic rings. The summed E-state index contributed by atoms with van der Waals surface area (Å²) in [5.74, 6) is -1.23. The molecule has 0 bridgehead atoms. The van der Waals surface area contributed by atoms with Gasteiger partial charge in [0.05, 0.1) is 17.2 Å². The summed E-state index contributed by atoms with van der Waals surface area (Å²) in [6, 6.07) is 6.94. The summed E-state index contributed by atoms with van der Waals surface area (Å²) in [6.07, 6.45) is 6.26. The van der Waals surface area contributed by atoms with Crippen molar-refractivity contribution in [2.45, 2.75) is 50.7 Å². The lowest BCUT2D eigenvalue weighted by molar-refractivity contribution is 0.0693. The van der Waals surface area contributed by atoms with Crippen LogP contribution in [0.4, 0.5) is 5.69 Å². The van der Waals surface area contributed by atoms with Gasteiger partial charge in [-0.3, -0.25) is 4.79 Å². The Labute approximate surface area is 178 Å². The number of anilines is 1. The van der Waals surface area contributed by atoms with Crippen LogP contribution >= 0.6 is 11.6 Å². The number of hydrogen-bond acceptors (Lipinski definition) is 5. The van der Waals surface area contributed by atoms with E-state index in [-0.39, 0.29) is 29.0 Å². The molecule has 2 fully saturated rings. The number of halogens is 1. The zero-order valence-corrected chi connectivity index (χ0v) is 16.9. The van der Waals surface area contributed by atoms with E-state index in [1.165, 1.54) is 24.3 Å². The van der Waals surface area contributed by atoms with Gasteiger partial charge in [-0.25, -0.2) is 4.79 Å². The highest BCUT2D eigenvalue weighted by Gasteiger charge is 2.27. The molecule has 2 saturated carbocycles. The second kappa shape index (κ2) is 8.44. The Morgan fingerprint density at radius 1 is 1.00 bits per heavy atom. The van der Waals surface area contributed by atoms with Gasteiger partial charge in [0, 0.05) is 17.3 Å². The fraction of sp³-hybridized carbons (Fsp3) is 0.364. The number of carbonyl (C=O) groups excluding carboxylic acids is 1. The number of phenols is 1. The normalized spacial score (nSPS) is 16.3. The number of hydrogen-bond donors (Lipinski definition) is 3. The van der Waals surface area contributed by atoms with Gasteiger partial charge in [-0.2, -0.15) is 0 Å². The maximum Gasteiger partial charge on any atom is 0.339 e. The quantitative estimate of drug-likeness (QED) is 0.578. The lowest BCUT2D eigenvalue weighted by Gasteiger charge is -2.31. The monoisotopic (exact) mass is 431 g/mol. The molecule has 2 aromatic carbocycles. The molecule has 4 rings (SSSR count). The smallest absolute Gasteiger partial charge is 0.339 e. The summed E-state index contributed by atoms with van der Waals surface area (Å²) < 4.78 is 12.0. The van der Waals surface area contributed by atoms with Gasteiger partial charge in [0.1, 0.15) is 11.3 Å². The summed E-state index contributed by atoms with van der Waals surface area (Å²) in [7, 11) is 0. The zero-order valence-electron chi connectivity index (χ0n) is 16.2. The van der Waals surface area contributed by atoms with Gasteiger partial charge in [0.2, 0.25) is 0 Å². The molecule has 2 aliphatic carbocycles. The number of rotatable bonds is 7. The zero-order chi connectivity index (χ0) is 21.3. The second-order valence-corrected chi connectivity index (χ2v) is 8.03. The average molecular weight is 432 g/mol. The molecule has 0 aliphatic heterocycles. The van der Waals surface area contributed by atoms with Crippen molar-refractivity contribution in [3.8, 4) is 17.2 Å². The van der Waals surface area contributed by atoms with Crippen molar-refractivity contribution in [2.75, 3.05) is 5.32 Å². The van der Waals surface area contributed by atoms with Crippen LogP contribution in [0.2, 0.25) is 5.02 Å². The van der Waals surface area contributed by atoms with Gasteiger partial charge >= 0.3 is 5.97 Å². The molecule has 0 saturated heterocycles. The van der Waals surface area contributed by atoms with Crippen LogP contribution in [-0.4, -0.2) is 34.3 Å². The number of amides is 1. The topological polar surface area (TPSA) is 105 Å². The van der Waals surface area contributed by atoms with E-state index in [9.17, 15) is 14.7 Å². The molecular weight excluding hydrogens is 410 g/mol. The fourth-order valence-corrected chi connectivity index (χ4v) is 3.47.